The van der Waals surface area contributed by atoms with Gasteiger partial charge in [-0.3, -0.25) is 9.59 Å². The molecule has 172 valence electrons. The Bertz CT molecular complexity index is 1060. The number of hydrogen-bond acceptors (Lipinski definition) is 3. The Hall–Kier alpha value is -2.10. The predicted octanol–water partition coefficient (Wildman–Crippen LogP) is 6.31. The van der Waals surface area contributed by atoms with Crippen molar-refractivity contribution in [2.24, 2.45) is 33.5 Å². The average Bonchev–Trinajstić information content (AvgIpc) is 2.73. The van der Waals surface area contributed by atoms with E-state index in [-0.39, 0.29) is 27.8 Å². The monoisotopic (exact) mass is 436 g/mol. The largest absolute Gasteiger partial charge is 0.504 e. The summed E-state index contributed by atoms with van der Waals surface area (Å²) in [5, 5.41) is 20.2. The van der Waals surface area contributed by atoms with Crippen molar-refractivity contribution < 1.29 is 19.8 Å². The molecule has 0 aromatic rings. The van der Waals surface area contributed by atoms with Gasteiger partial charge in [-0.15, -0.1) is 0 Å². The highest BCUT2D eigenvalue weighted by Gasteiger charge is 2.62. The molecular formula is C28H36O4. The van der Waals surface area contributed by atoms with Gasteiger partial charge < -0.3 is 10.2 Å². The summed E-state index contributed by atoms with van der Waals surface area (Å²) in [4.78, 5) is 24.7. The van der Waals surface area contributed by atoms with E-state index in [2.05, 4.69) is 32.9 Å². The first-order valence-corrected chi connectivity index (χ1v) is 12.2. The predicted molar refractivity (Wildman–Crippen MR) is 124 cm³/mol. The van der Waals surface area contributed by atoms with Crippen LogP contribution in [0, 0.1) is 33.5 Å². The molecule has 0 aromatic heterocycles. The lowest BCUT2D eigenvalue weighted by molar-refractivity contribution is -0.161. The fraction of sp³-hybridized carbons (Fsp3) is 0.643. The van der Waals surface area contributed by atoms with Crippen LogP contribution in [-0.4, -0.2) is 22.0 Å². The summed E-state index contributed by atoms with van der Waals surface area (Å²) in [6.45, 7) is 10.9. The zero-order valence-corrected chi connectivity index (χ0v) is 20.0. The summed E-state index contributed by atoms with van der Waals surface area (Å²) in [6, 6.07) is 0. The SMILES string of the molecule is CC1=C(O)C(=O)C=C2C1=CC=C1[C@@]2(C)CCC2[C@@H]3C[C@](C)(C(=O)O)CC[C@]3(C)CC[C@]12C. The van der Waals surface area contributed by atoms with Gasteiger partial charge in [-0.1, -0.05) is 38.5 Å². The second-order valence-electron chi connectivity index (χ2n) is 12.3. The smallest absolute Gasteiger partial charge is 0.309 e. The van der Waals surface area contributed by atoms with Gasteiger partial charge in [-0.05, 0) is 98.7 Å². The van der Waals surface area contributed by atoms with Crippen molar-refractivity contribution in [2.45, 2.75) is 79.6 Å². The van der Waals surface area contributed by atoms with E-state index < -0.39 is 11.4 Å². The molecule has 0 aromatic carbocycles. The number of aliphatic carboxylic acids is 1. The molecule has 0 heterocycles. The fourth-order valence-electron chi connectivity index (χ4n) is 8.23. The first-order chi connectivity index (χ1) is 14.9. The zero-order chi connectivity index (χ0) is 23.3. The van der Waals surface area contributed by atoms with Crippen LogP contribution in [0.25, 0.3) is 0 Å². The molecule has 0 spiro atoms. The molecule has 2 N–H and O–H groups in total. The van der Waals surface area contributed by atoms with Crippen molar-refractivity contribution in [3.63, 3.8) is 0 Å². The van der Waals surface area contributed by atoms with Gasteiger partial charge >= 0.3 is 5.97 Å². The van der Waals surface area contributed by atoms with Gasteiger partial charge in [0, 0.05) is 11.0 Å². The van der Waals surface area contributed by atoms with E-state index in [1.54, 1.807) is 6.08 Å². The molecular weight excluding hydrogens is 400 g/mol. The molecule has 0 aliphatic heterocycles. The minimum Gasteiger partial charge on any atom is -0.504 e. The standard InChI is InChI=1S/C28H36O4/c1-16-17-6-7-22-27(4,19(17)14-21(29)23(16)30)9-8-18-20-15-26(3,24(31)32)11-10-25(20,2)12-13-28(18,22)5/h6-7,14,18,20,30H,8-13,15H2,1-5H3,(H,31,32)/t18?,20-,25+,26+,27-,28-/m0/s1. The van der Waals surface area contributed by atoms with Crippen LogP contribution in [-0.2, 0) is 9.59 Å². The average molecular weight is 437 g/mol. The van der Waals surface area contributed by atoms with Crippen LogP contribution in [0.4, 0.5) is 0 Å². The quantitative estimate of drug-likeness (QED) is 0.505. The number of allylic oxidation sites excluding steroid dienone is 7. The Morgan fingerprint density at radius 3 is 2.38 bits per heavy atom. The van der Waals surface area contributed by atoms with Crippen LogP contribution in [0.5, 0.6) is 0 Å². The van der Waals surface area contributed by atoms with Crippen LogP contribution in [0.2, 0.25) is 0 Å². The summed E-state index contributed by atoms with van der Waals surface area (Å²) in [6.07, 6.45) is 12.8. The molecule has 4 nitrogen and oxygen atoms in total. The molecule has 0 radical (unpaired) electrons. The van der Waals surface area contributed by atoms with Crippen molar-refractivity contribution >= 4 is 11.8 Å². The van der Waals surface area contributed by atoms with Crippen LogP contribution < -0.4 is 0 Å². The van der Waals surface area contributed by atoms with Crippen LogP contribution >= 0.6 is 0 Å². The van der Waals surface area contributed by atoms with Gasteiger partial charge in [0.25, 0.3) is 0 Å². The highest BCUT2D eigenvalue weighted by atomic mass is 16.4. The van der Waals surface area contributed by atoms with Crippen LogP contribution in [0.15, 0.2) is 46.3 Å². The highest BCUT2D eigenvalue weighted by molar-refractivity contribution is 6.06. The van der Waals surface area contributed by atoms with Crippen molar-refractivity contribution in [3.05, 3.63) is 46.3 Å². The van der Waals surface area contributed by atoms with E-state index >= 15 is 0 Å². The molecule has 5 aliphatic carbocycles. The third-order valence-electron chi connectivity index (χ3n) is 10.6. The number of rotatable bonds is 1. The van der Waals surface area contributed by atoms with Gasteiger partial charge in [-0.2, -0.15) is 0 Å². The molecule has 6 atom stereocenters. The van der Waals surface area contributed by atoms with Crippen LogP contribution in [0.3, 0.4) is 0 Å². The van der Waals surface area contributed by atoms with E-state index in [9.17, 15) is 19.8 Å². The lowest BCUT2D eigenvalue weighted by Crippen LogP contribution is -2.56. The van der Waals surface area contributed by atoms with Gasteiger partial charge in [0.05, 0.1) is 5.41 Å². The number of carbonyl (C=O) groups excluding carboxylic acids is 1. The second-order valence-corrected chi connectivity index (χ2v) is 12.3. The number of aliphatic hydroxyl groups is 1. The van der Waals surface area contributed by atoms with E-state index in [0.717, 1.165) is 56.1 Å². The number of carbonyl (C=O) groups is 2. The Labute approximate surface area is 191 Å². The number of ketones is 1. The molecule has 3 saturated carbocycles. The third kappa shape index (κ3) is 2.61. The zero-order valence-electron chi connectivity index (χ0n) is 20.0. The second kappa shape index (κ2) is 6.48. The number of hydrogen-bond donors (Lipinski definition) is 2. The summed E-state index contributed by atoms with van der Waals surface area (Å²) in [5.41, 5.74) is 3.50. The highest BCUT2D eigenvalue weighted by Crippen LogP contribution is 2.70. The van der Waals surface area contributed by atoms with E-state index in [4.69, 9.17) is 0 Å². The van der Waals surface area contributed by atoms with E-state index in [0.29, 0.717) is 17.4 Å². The fourth-order valence-corrected chi connectivity index (χ4v) is 8.23. The summed E-state index contributed by atoms with van der Waals surface area (Å²) < 4.78 is 0. The van der Waals surface area contributed by atoms with Crippen LogP contribution in [0.1, 0.15) is 79.6 Å². The lowest BCUT2D eigenvalue weighted by Gasteiger charge is -2.64. The summed E-state index contributed by atoms with van der Waals surface area (Å²) in [7, 11) is 0. The maximum absolute atomic E-state index is 12.5. The number of fused-ring (bicyclic) bond motifs is 7. The van der Waals surface area contributed by atoms with Gasteiger partial charge in [0.2, 0.25) is 5.78 Å². The Morgan fingerprint density at radius 2 is 1.69 bits per heavy atom. The van der Waals surface area contributed by atoms with Crippen molar-refractivity contribution in [3.8, 4) is 0 Å². The molecule has 5 rings (SSSR count). The summed E-state index contributed by atoms with van der Waals surface area (Å²) >= 11 is 0. The maximum atomic E-state index is 12.5. The van der Waals surface area contributed by atoms with Gasteiger partial charge in [0.15, 0.2) is 5.76 Å². The Kier molecular flexibility index (Phi) is 4.40. The Morgan fingerprint density at radius 1 is 1.00 bits per heavy atom. The number of carboxylic acids is 1. The van der Waals surface area contributed by atoms with Crippen molar-refractivity contribution in [2.75, 3.05) is 0 Å². The van der Waals surface area contributed by atoms with Gasteiger partial charge in [-0.25, -0.2) is 0 Å². The van der Waals surface area contributed by atoms with Crippen molar-refractivity contribution in [1.29, 1.82) is 0 Å². The molecule has 0 amide bonds. The first kappa shape index (κ1) is 21.7. The molecule has 5 aliphatic rings. The molecule has 0 bridgehead atoms. The molecule has 4 heteroatoms. The third-order valence-corrected chi connectivity index (χ3v) is 10.6. The lowest BCUT2D eigenvalue weighted by atomic mass is 9.39. The number of carboxylic acid groups (broad SMARTS) is 1. The number of aliphatic hydroxyl groups excluding tert-OH is 1. The van der Waals surface area contributed by atoms with Crippen molar-refractivity contribution in [1.82, 2.24) is 0 Å². The first-order valence-electron chi connectivity index (χ1n) is 12.2. The molecule has 0 saturated heterocycles. The minimum atomic E-state index is -0.648. The molecule has 1 unspecified atom stereocenters. The molecule has 3 fully saturated rings. The summed E-state index contributed by atoms with van der Waals surface area (Å²) in [5.74, 6) is -0.210. The van der Waals surface area contributed by atoms with E-state index in [1.165, 1.54) is 5.57 Å². The van der Waals surface area contributed by atoms with E-state index in [1.807, 2.05) is 13.8 Å². The Balaban J connectivity index is 1.60. The maximum Gasteiger partial charge on any atom is 0.309 e. The molecule has 32 heavy (non-hydrogen) atoms. The topological polar surface area (TPSA) is 74.6 Å². The minimum absolute atomic E-state index is 0.00302. The van der Waals surface area contributed by atoms with Gasteiger partial charge in [0.1, 0.15) is 0 Å². The normalized spacial score (nSPS) is 45.5.